The molecular formula is C18H17FN4OS. The molecule has 25 heavy (non-hydrogen) atoms. The first-order valence-corrected chi connectivity index (χ1v) is 8.71. The molecule has 0 aliphatic carbocycles. The lowest BCUT2D eigenvalue weighted by Crippen LogP contribution is -2.24. The van der Waals surface area contributed by atoms with Gasteiger partial charge in [-0.15, -0.1) is 10.2 Å². The minimum absolute atomic E-state index is 0.0693. The summed E-state index contributed by atoms with van der Waals surface area (Å²) in [4.78, 5) is 12.0. The van der Waals surface area contributed by atoms with Gasteiger partial charge < -0.3 is 9.88 Å². The first kappa shape index (κ1) is 17.2. The Kier molecular flexibility index (Phi) is 5.45. The summed E-state index contributed by atoms with van der Waals surface area (Å²) in [5.74, 6) is 0.519. The molecule has 0 saturated carbocycles. The molecule has 1 heterocycles. The van der Waals surface area contributed by atoms with E-state index in [4.69, 9.17) is 0 Å². The van der Waals surface area contributed by atoms with Crippen molar-refractivity contribution in [3.63, 3.8) is 0 Å². The Labute approximate surface area is 149 Å². The van der Waals surface area contributed by atoms with Crippen molar-refractivity contribution in [2.24, 2.45) is 7.05 Å². The Morgan fingerprint density at radius 1 is 1.12 bits per heavy atom. The molecule has 1 amide bonds. The van der Waals surface area contributed by atoms with Gasteiger partial charge in [-0.05, 0) is 29.8 Å². The zero-order valence-corrected chi connectivity index (χ0v) is 14.5. The van der Waals surface area contributed by atoms with Crippen LogP contribution in [0.4, 0.5) is 4.39 Å². The van der Waals surface area contributed by atoms with Gasteiger partial charge in [0, 0.05) is 19.2 Å². The second kappa shape index (κ2) is 7.94. The predicted octanol–water partition coefficient (Wildman–Crippen LogP) is 3.03. The van der Waals surface area contributed by atoms with Gasteiger partial charge in [-0.1, -0.05) is 42.1 Å². The molecule has 0 spiro atoms. The maximum absolute atomic E-state index is 13.0. The van der Waals surface area contributed by atoms with E-state index in [1.54, 1.807) is 16.7 Å². The lowest BCUT2D eigenvalue weighted by atomic mass is 10.2. The molecule has 3 aromatic rings. The Morgan fingerprint density at radius 3 is 2.56 bits per heavy atom. The van der Waals surface area contributed by atoms with E-state index in [1.165, 1.54) is 23.9 Å². The number of halogens is 1. The van der Waals surface area contributed by atoms with Gasteiger partial charge in [0.25, 0.3) is 0 Å². The highest BCUT2D eigenvalue weighted by atomic mass is 32.2. The van der Waals surface area contributed by atoms with Crippen LogP contribution >= 0.6 is 11.8 Å². The molecular weight excluding hydrogens is 339 g/mol. The molecule has 0 aliphatic rings. The van der Waals surface area contributed by atoms with Gasteiger partial charge >= 0.3 is 0 Å². The number of hydrogen-bond acceptors (Lipinski definition) is 4. The molecule has 0 bridgehead atoms. The third kappa shape index (κ3) is 4.45. The summed E-state index contributed by atoms with van der Waals surface area (Å²) in [5, 5.41) is 11.7. The Bertz CT molecular complexity index is 849. The van der Waals surface area contributed by atoms with Gasteiger partial charge in [0.15, 0.2) is 11.0 Å². The van der Waals surface area contributed by atoms with Gasteiger partial charge in [-0.25, -0.2) is 4.39 Å². The fourth-order valence-corrected chi connectivity index (χ4v) is 3.01. The molecule has 0 fully saturated rings. The number of nitrogens with one attached hydrogen (secondary N) is 1. The monoisotopic (exact) mass is 356 g/mol. The van der Waals surface area contributed by atoms with Crippen molar-refractivity contribution in [1.29, 1.82) is 0 Å². The highest BCUT2D eigenvalue weighted by Gasteiger charge is 2.13. The van der Waals surface area contributed by atoms with Crippen LogP contribution in [0.1, 0.15) is 5.56 Å². The van der Waals surface area contributed by atoms with Crippen LogP contribution in [0.2, 0.25) is 0 Å². The maximum atomic E-state index is 13.0. The minimum atomic E-state index is -0.296. The molecule has 0 aliphatic heterocycles. The lowest BCUT2D eigenvalue weighted by Gasteiger charge is -2.06. The van der Waals surface area contributed by atoms with Crippen molar-refractivity contribution in [2.45, 2.75) is 11.7 Å². The average Bonchev–Trinajstić information content (AvgIpc) is 3.00. The Hall–Kier alpha value is -2.67. The number of thioether (sulfide) groups is 1. The van der Waals surface area contributed by atoms with Crippen LogP contribution in [0.3, 0.4) is 0 Å². The predicted molar refractivity (Wildman–Crippen MR) is 95.4 cm³/mol. The number of hydrogen-bond donors (Lipinski definition) is 1. The molecule has 7 heteroatoms. The van der Waals surface area contributed by atoms with Crippen molar-refractivity contribution in [3.8, 4) is 11.4 Å². The van der Waals surface area contributed by atoms with E-state index in [9.17, 15) is 9.18 Å². The Morgan fingerprint density at radius 2 is 1.84 bits per heavy atom. The fourth-order valence-electron chi connectivity index (χ4n) is 2.27. The van der Waals surface area contributed by atoms with E-state index < -0.39 is 0 Å². The quantitative estimate of drug-likeness (QED) is 0.690. The molecule has 1 aromatic heterocycles. The van der Waals surface area contributed by atoms with Crippen molar-refractivity contribution < 1.29 is 9.18 Å². The fraction of sp³-hybridized carbons (Fsp3) is 0.167. The summed E-state index contributed by atoms with van der Waals surface area (Å²) in [6.45, 7) is 0.500. The number of amides is 1. The Balaban J connectivity index is 1.56. The number of aromatic nitrogens is 3. The third-order valence-electron chi connectivity index (χ3n) is 3.60. The average molecular weight is 356 g/mol. The van der Waals surface area contributed by atoms with Crippen LogP contribution in [-0.2, 0) is 18.4 Å². The van der Waals surface area contributed by atoms with Crippen molar-refractivity contribution in [1.82, 2.24) is 20.1 Å². The standard InChI is InChI=1S/C18H17FN4OS/c1-23-17(14-7-9-15(19)10-8-14)21-22-18(23)25-12-16(24)20-11-13-5-3-2-4-6-13/h2-10H,11-12H2,1H3,(H,20,24). The van der Waals surface area contributed by atoms with Crippen LogP contribution in [-0.4, -0.2) is 26.4 Å². The number of rotatable bonds is 6. The van der Waals surface area contributed by atoms with Gasteiger partial charge in [0.05, 0.1) is 5.75 Å². The zero-order chi connectivity index (χ0) is 17.6. The molecule has 0 atom stereocenters. The summed E-state index contributed by atoms with van der Waals surface area (Å²) >= 11 is 1.31. The number of nitrogens with zero attached hydrogens (tertiary/aromatic N) is 3. The zero-order valence-electron chi connectivity index (χ0n) is 13.6. The maximum Gasteiger partial charge on any atom is 0.230 e. The van der Waals surface area contributed by atoms with Gasteiger partial charge in [-0.2, -0.15) is 0 Å². The summed E-state index contributed by atoms with van der Waals surface area (Å²) in [7, 11) is 1.82. The van der Waals surface area contributed by atoms with Crippen LogP contribution in [0.15, 0.2) is 59.8 Å². The first-order chi connectivity index (χ1) is 12.1. The summed E-state index contributed by atoms with van der Waals surface area (Å²) in [6.07, 6.45) is 0. The van der Waals surface area contributed by atoms with Gasteiger partial charge in [0.1, 0.15) is 5.82 Å². The number of carbonyl (C=O) groups excluding carboxylic acids is 1. The SMILES string of the molecule is Cn1c(SCC(=O)NCc2ccccc2)nnc1-c1ccc(F)cc1. The van der Waals surface area contributed by atoms with Crippen LogP contribution in [0.5, 0.6) is 0 Å². The smallest absolute Gasteiger partial charge is 0.230 e. The van der Waals surface area contributed by atoms with E-state index in [-0.39, 0.29) is 17.5 Å². The second-order valence-corrected chi connectivity index (χ2v) is 6.37. The van der Waals surface area contributed by atoms with E-state index in [0.29, 0.717) is 17.5 Å². The van der Waals surface area contributed by atoms with Crippen molar-refractivity contribution in [2.75, 3.05) is 5.75 Å². The molecule has 0 radical (unpaired) electrons. The van der Waals surface area contributed by atoms with Crippen molar-refractivity contribution >= 4 is 17.7 Å². The molecule has 128 valence electrons. The molecule has 1 N–H and O–H groups in total. The highest BCUT2D eigenvalue weighted by molar-refractivity contribution is 7.99. The molecule has 3 rings (SSSR count). The van der Waals surface area contributed by atoms with Crippen LogP contribution in [0, 0.1) is 5.82 Å². The van der Waals surface area contributed by atoms with E-state index in [0.717, 1.165) is 11.1 Å². The molecule has 0 saturated heterocycles. The first-order valence-electron chi connectivity index (χ1n) is 7.72. The largest absolute Gasteiger partial charge is 0.351 e. The van der Waals surface area contributed by atoms with E-state index in [2.05, 4.69) is 15.5 Å². The number of benzene rings is 2. The summed E-state index contributed by atoms with van der Waals surface area (Å²) in [5.41, 5.74) is 1.83. The second-order valence-electron chi connectivity index (χ2n) is 5.42. The summed E-state index contributed by atoms with van der Waals surface area (Å²) in [6, 6.07) is 15.8. The van der Waals surface area contributed by atoms with Crippen LogP contribution < -0.4 is 5.32 Å². The minimum Gasteiger partial charge on any atom is -0.351 e. The molecule has 0 unspecified atom stereocenters. The topological polar surface area (TPSA) is 59.8 Å². The van der Waals surface area contributed by atoms with E-state index in [1.807, 2.05) is 37.4 Å². The van der Waals surface area contributed by atoms with Crippen LogP contribution in [0.25, 0.3) is 11.4 Å². The van der Waals surface area contributed by atoms with Gasteiger partial charge in [-0.3, -0.25) is 4.79 Å². The third-order valence-corrected chi connectivity index (χ3v) is 4.62. The number of carbonyl (C=O) groups is 1. The molecule has 2 aromatic carbocycles. The lowest BCUT2D eigenvalue weighted by molar-refractivity contribution is -0.118. The van der Waals surface area contributed by atoms with Gasteiger partial charge in [0.2, 0.25) is 5.91 Å². The molecule has 5 nitrogen and oxygen atoms in total. The van der Waals surface area contributed by atoms with Crippen molar-refractivity contribution in [3.05, 3.63) is 66.0 Å². The highest BCUT2D eigenvalue weighted by Crippen LogP contribution is 2.22. The normalized spacial score (nSPS) is 10.6. The summed E-state index contributed by atoms with van der Waals surface area (Å²) < 4.78 is 14.8. The van der Waals surface area contributed by atoms with E-state index >= 15 is 0 Å².